The van der Waals surface area contributed by atoms with Gasteiger partial charge < -0.3 is 14.7 Å². The predicted octanol–water partition coefficient (Wildman–Crippen LogP) is 3.93. The second kappa shape index (κ2) is 9.67. The Kier molecular flexibility index (Phi) is 7.58. The highest BCUT2D eigenvalue weighted by atomic mass is 127. The molecule has 0 aliphatic rings. The highest BCUT2D eigenvalue weighted by Gasteiger charge is 2.11. The summed E-state index contributed by atoms with van der Waals surface area (Å²) in [4.78, 5) is 10.8. The molecule has 0 bridgehead atoms. The maximum Gasteiger partial charge on any atom is 0.194 e. The van der Waals surface area contributed by atoms with Crippen LogP contribution in [0.15, 0.2) is 51.3 Å². The first-order valence-electron chi connectivity index (χ1n) is 7.99. The van der Waals surface area contributed by atoms with Gasteiger partial charge in [0.15, 0.2) is 11.7 Å². The third kappa shape index (κ3) is 5.28. The molecule has 0 radical (unpaired) electrons. The number of nitrogens with zero attached hydrogens (tertiary/aromatic N) is 4. The molecule has 0 unspecified atom stereocenters. The summed E-state index contributed by atoms with van der Waals surface area (Å²) in [5.74, 6) is 1.54. The molecule has 3 aromatic rings. The Morgan fingerprint density at radius 3 is 2.73 bits per heavy atom. The zero-order chi connectivity index (χ0) is 17.6. The second-order valence-electron chi connectivity index (χ2n) is 5.66. The summed E-state index contributed by atoms with van der Waals surface area (Å²) < 4.78 is 5.42. The van der Waals surface area contributed by atoms with E-state index >= 15 is 0 Å². The normalized spacial score (nSPS) is 11.1. The number of hydrogen-bond donors (Lipinski definition) is 1. The van der Waals surface area contributed by atoms with Gasteiger partial charge in [-0.1, -0.05) is 35.5 Å². The van der Waals surface area contributed by atoms with E-state index in [1.165, 1.54) is 0 Å². The molecule has 138 valence electrons. The Morgan fingerprint density at radius 2 is 2.08 bits per heavy atom. The van der Waals surface area contributed by atoms with Crippen molar-refractivity contribution in [3.63, 3.8) is 0 Å². The topological polar surface area (TPSA) is 66.6 Å². The number of nitrogens with one attached hydrogen (secondary N) is 1. The Bertz CT molecular complexity index is 846. The van der Waals surface area contributed by atoms with Gasteiger partial charge in [-0.25, -0.2) is 4.98 Å². The number of aliphatic imine (C=N–C) groups is 1. The minimum absolute atomic E-state index is 0. The molecule has 0 amide bonds. The number of hydrogen-bond acceptors (Lipinski definition) is 5. The van der Waals surface area contributed by atoms with E-state index in [0.29, 0.717) is 13.1 Å². The van der Waals surface area contributed by atoms with Crippen LogP contribution in [0.2, 0.25) is 0 Å². The van der Waals surface area contributed by atoms with Gasteiger partial charge in [0.2, 0.25) is 0 Å². The second-order valence-corrected chi connectivity index (χ2v) is 6.72. The first kappa shape index (κ1) is 20.4. The van der Waals surface area contributed by atoms with E-state index < -0.39 is 0 Å². The Labute approximate surface area is 174 Å². The van der Waals surface area contributed by atoms with Crippen LogP contribution in [0, 0.1) is 6.92 Å². The summed E-state index contributed by atoms with van der Waals surface area (Å²) in [5.41, 5.74) is 2.91. The fraction of sp³-hybridized carbons (Fsp3) is 0.278. The minimum atomic E-state index is 0. The van der Waals surface area contributed by atoms with Crippen LogP contribution < -0.4 is 5.32 Å². The number of halogens is 1. The standard InChI is InChI=1S/C18H21N5OS.HI/c1-13-21-15(12-25-13)11-23(3)18(19-2)20-10-16-9-17(22-24-16)14-7-5-4-6-8-14;/h4-9,12H,10-11H2,1-3H3,(H,19,20);1H. The SMILES string of the molecule is CN=C(NCc1cc(-c2ccccc2)no1)N(C)Cc1csc(C)n1.I. The van der Waals surface area contributed by atoms with Crippen molar-refractivity contribution < 1.29 is 4.52 Å². The van der Waals surface area contributed by atoms with Crippen LogP contribution >= 0.6 is 35.3 Å². The van der Waals surface area contributed by atoms with Gasteiger partial charge in [0.25, 0.3) is 0 Å². The predicted molar refractivity (Wildman–Crippen MR) is 116 cm³/mol. The van der Waals surface area contributed by atoms with Gasteiger partial charge in [0, 0.05) is 31.1 Å². The first-order chi connectivity index (χ1) is 12.2. The molecule has 0 atom stereocenters. The van der Waals surface area contributed by atoms with Crippen molar-refractivity contribution in [2.45, 2.75) is 20.0 Å². The average molecular weight is 483 g/mol. The molecule has 3 rings (SSSR count). The van der Waals surface area contributed by atoms with E-state index in [9.17, 15) is 0 Å². The average Bonchev–Trinajstić information content (AvgIpc) is 3.25. The maximum absolute atomic E-state index is 5.42. The lowest BCUT2D eigenvalue weighted by Gasteiger charge is -2.20. The lowest BCUT2D eigenvalue weighted by atomic mass is 10.1. The molecule has 2 heterocycles. The molecule has 0 aliphatic carbocycles. The lowest BCUT2D eigenvalue weighted by molar-refractivity contribution is 0.378. The largest absolute Gasteiger partial charge is 0.359 e. The van der Waals surface area contributed by atoms with Gasteiger partial charge >= 0.3 is 0 Å². The van der Waals surface area contributed by atoms with E-state index in [1.54, 1.807) is 18.4 Å². The van der Waals surface area contributed by atoms with E-state index in [0.717, 1.165) is 33.7 Å². The van der Waals surface area contributed by atoms with Crippen LogP contribution in [-0.4, -0.2) is 35.1 Å². The zero-order valence-corrected chi connectivity index (χ0v) is 18.1. The van der Waals surface area contributed by atoms with Gasteiger partial charge in [-0.3, -0.25) is 4.99 Å². The van der Waals surface area contributed by atoms with Gasteiger partial charge in [-0.15, -0.1) is 35.3 Å². The molecule has 1 aromatic carbocycles. The van der Waals surface area contributed by atoms with Crippen molar-refractivity contribution in [1.29, 1.82) is 0 Å². The van der Waals surface area contributed by atoms with Crippen LogP contribution in [0.5, 0.6) is 0 Å². The first-order valence-corrected chi connectivity index (χ1v) is 8.87. The molecule has 0 saturated carbocycles. The van der Waals surface area contributed by atoms with Crippen molar-refractivity contribution in [2.24, 2.45) is 4.99 Å². The molecule has 1 N–H and O–H groups in total. The van der Waals surface area contributed by atoms with Crippen molar-refractivity contribution in [1.82, 2.24) is 20.4 Å². The van der Waals surface area contributed by atoms with E-state index in [-0.39, 0.29) is 24.0 Å². The van der Waals surface area contributed by atoms with Crippen molar-refractivity contribution in [3.8, 4) is 11.3 Å². The molecular formula is C18H22IN5OS. The van der Waals surface area contributed by atoms with Gasteiger partial charge in [0.1, 0.15) is 5.69 Å². The Morgan fingerprint density at radius 1 is 1.31 bits per heavy atom. The molecule has 0 fully saturated rings. The Hall–Kier alpha value is -1.94. The number of rotatable bonds is 5. The molecule has 0 aliphatic heterocycles. The summed E-state index contributed by atoms with van der Waals surface area (Å²) in [6.45, 7) is 3.23. The molecule has 6 nitrogen and oxygen atoms in total. The summed E-state index contributed by atoms with van der Waals surface area (Å²) in [5, 5.41) is 10.6. The maximum atomic E-state index is 5.42. The van der Waals surface area contributed by atoms with Crippen LogP contribution in [0.3, 0.4) is 0 Å². The van der Waals surface area contributed by atoms with Gasteiger partial charge in [-0.2, -0.15) is 0 Å². The summed E-state index contributed by atoms with van der Waals surface area (Å²) in [6.07, 6.45) is 0. The third-order valence-corrected chi connectivity index (χ3v) is 4.51. The monoisotopic (exact) mass is 483 g/mol. The van der Waals surface area contributed by atoms with Crippen molar-refractivity contribution in [2.75, 3.05) is 14.1 Å². The van der Waals surface area contributed by atoms with Crippen LogP contribution in [-0.2, 0) is 13.1 Å². The molecule has 0 spiro atoms. The number of guanidine groups is 1. The van der Waals surface area contributed by atoms with E-state index in [4.69, 9.17) is 4.52 Å². The molecule has 0 saturated heterocycles. The Balaban J connectivity index is 0.00000243. The number of thiazole rings is 1. The highest BCUT2D eigenvalue weighted by Crippen LogP contribution is 2.18. The van der Waals surface area contributed by atoms with Gasteiger partial charge in [0.05, 0.1) is 23.8 Å². The number of benzene rings is 1. The molecule has 8 heteroatoms. The lowest BCUT2D eigenvalue weighted by Crippen LogP contribution is -2.38. The van der Waals surface area contributed by atoms with E-state index in [2.05, 4.69) is 25.8 Å². The van der Waals surface area contributed by atoms with Crippen molar-refractivity contribution >= 4 is 41.3 Å². The van der Waals surface area contributed by atoms with Crippen LogP contribution in [0.4, 0.5) is 0 Å². The fourth-order valence-electron chi connectivity index (χ4n) is 2.49. The number of aromatic nitrogens is 2. The highest BCUT2D eigenvalue weighted by molar-refractivity contribution is 14.0. The molecule has 2 aromatic heterocycles. The quantitative estimate of drug-likeness (QED) is 0.339. The fourth-order valence-corrected chi connectivity index (χ4v) is 3.09. The van der Waals surface area contributed by atoms with Crippen LogP contribution in [0.25, 0.3) is 11.3 Å². The summed E-state index contributed by atoms with van der Waals surface area (Å²) >= 11 is 1.66. The number of aryl methyl sites for hydroxylation is 1. The van der Waals surface area contributed by atoms with Crippen molar-refractivity contribution in [3.05, 3.63) is 58.2 Å². The molecule has 26 heavy (non-hydrogen) atoms. The minimum Gasteiger partial charge on any atom is -0.359 e. The van der Waals surface area contributed by atoms with Crippen LogP contribution in [0.1, 0.15) is 16.5 Å². The smallest absolute Gasteiger partial charge is 0.194 e. The van der Waals surface area contributed by atoms with E-state index in [1.807, 2.05) is 55.3 Å². The van der Waals surface area contributed by atoms with Gasteiger partial charge in [-0.05, 0) is 6.92 Å². The third-order valence-electron chi connectivity index (χ3n) is 3.69. The molecular weight excluding hydrogens is 461 g/mol. The zero-order valence-electron chi connectivity index (χ0n) is 15.0. The summed E-state index contributed by atoms with van der Waals surface area (Å²) in [7, 11) is 3.75. The summed E-state index contributed by atoms with van der Waals surface area (Å²) in [6, 6.07) is 11.9.